The van der Waals surface area contributed by atoms with Crippen molar-refractivity contribution in [2.75, 3.05) is 6.54 Å². The monoisotopic (exact) mass is 478 g/mol. The molecule has 162 valence electrons. The Bertz CT molecular complexity index is 1010. The van der Waals surface area contributed by atoms with E-state index < -0.39 is 0 Å². The molecule has 2 heterocycles. The predicted octanol–water partition coefficient (Wildman–Crippen LogP) is 5.95. The normalized spacial score (nSPS) is 18.6. The number of nitrogens with zero attached hydrogens (tertiary/aromatic N) is 3. The van der Waals surface area contributed by atoms with Gasteiger partial charge in [0.1, 0.15) is 0 Å². The molecule has 0 saturated carbocycles. The van der Waals surface area contributed by atoms with Crippen molar-refractivity contribution in [1.82, 2.24) is 9.88 Å². The molecule has 1 aliphatic carbocycles. The number of hydrogen-bond donors (Lipinski definition) is 1. The first-order valence-electron chi connectivity index (χ1n) is 10.9. The van der Waals surface area contributed by atoms with E-state index in [1.165, 1.54) is 11.1 Å². The van der Waals surface area contributed by atoms with E-state index in [1.54, 1.807) is 0 Å². The summed E-state index contributed by atoms with van der Waals surface area (Å²) < 4.78 is 3.04. The quantitative estimate of drug-likeness (QED) is 0.252. The van der Waals surface area contributed by atoms with Gasteiger partial charge in [-0.3, -0.25) is 9.98 Å². The van der Waals surface area contributed by atoms with Crippen LogP contribution < -0.4 is 5.32 Å². The third kappa shape index (κ3) is 5.98. The zero-order valence-corrected chi connectivity index (χ0v) is 20.1. The molecule has 1 aliphatic heterocycles. The number of nitrogens with one attached hydrogen (secondary N) is 1. The number of allylic oxidation sites excluding steroid dienone is 5. The fourth-order valence-corrected chi connectivity index (χ4v) is 4.44. The summed E-state index contributed by atoms with van der Waals surface area (Å²) in [6, 6.07) is 4.18. The molecule has 3 rings (SSSR count). The van der Waals surface area contributed by atoms with Gasteiger partial charge in [0.15, 0.2) is 0 Å². The van der Waals surface area contributed by atoms with Gasteiger partial charge in [0, 0.05) is 26.0 Å². The molecule has 1 unspecified atom stereocenters. The van der Waals surface area contributed by atoms with E-state index in [0.29, 0.717) is 6.42 Å². The van der Waals surface area contributed by atoms with Crippen LogP contribution in [0.4, 0.5) is 0 Å². The molecular weight excluding hydrogens is 448 g/mol. The molecule has 0 aromatic carbocycles. The Hall–Kier alpha value is -2.58. The molecule has 1 aromatic heterocycles. The van der Waals surface area contributed by atoms with Gasteiger partial charge in [0.05, 0.1) is 39.7 Å². The SMILES string of the molecule is C#CCC(=NC1=C(Br)C=NC1CCCCNC(=C)c1cccn1C)C1=C(C)C=CCC1. The van der Waals surface area contributed by atoms with E-state index in [2.05, 4.69) is 68.4 Å². The van der Waals surface area contributed by atoms with Crippen molar-refractivity contribution in [2.45, 2.75) is 51.5 Å². The summed E-state index contributed by atoms with van der Waals surface area (Å²) in [6.07, 6.45) is 19.6. The Morgan fingerprint density at radius 3 is 3.00 bits per heavy atom. The Labute approximate surface area is 194 Å². The summed E-state index contributed by atoms with van der Waals surface area (Å²) >= 11 is 3.65. The second-order valence-corrected chi connectivity index (χ2v) is 8.83. The molecule has 4 nitrogen and oxygen atoms in total. The van der Waals surface area contributed by atoms with Gasteiger partial charge >= 0.3 is 0 Å². The van der Waals surface area contributed by atoms with Crippen LogP contribution in [0.15, 0.2) is 68.4 Å². The molecule has 1 N–H and O–H groups in total. The molecule has 0 saturated heterocycles. The van der Waals surface area contributed by atoms with E-state index in [4.69, 9.17) is 11.4 Å². The average Bonchev–Trinajstić information content (AvgIpc) is 3.33. The lowest BCUT2D eigenvalue weighted by Crippen LogP contribution is -2.15. The van der Waals surface area contributed by atoms with Crippen molar-refractivity contribution in [3.63, 3.8) is 0 Å². The highest BCUT2D eigenvalue weighted by molar-refractivity contribution is 9.12. The van der Waals surface area contributed by atoms with Gasteiger partial charge in [-0.2, -0.15) is 0 Å². The largest absolute Gasteiger partial charge is 0.384 e. The van der Waals surface area contributed by atoms with Gasteiger partial charge in [0.25, 0.3) is 0 Å². The molecule has 31 heavy (non-hydrogen) atoms. The zero-order chi connectivity index (χ0) is 22.2. The maximum atomic E-state index is 5.66. The highest BCUT2D eigenvalue weighted by atomic mass is 79.9. The maximum Gasteiger partial charge on any atom is 0.0932 e. The molecular formula is C26H31BrN4. The number of halogens is 1. The lowest BCUT2D eigenvalue weighted by Gasteiger charge is -2.17. The summed E-state index contributed by atoms with van der Waals surface area (Å²) in [6.45, 7) is 7.18. The predicted molar refractivity (Wildman–Crippen MR) is 136 cm³/mol. The van der Waals surface area contributed by atoms with Gasteiger partial charge < -0.3 is 9.88 Å². The summed E-state index contributed by atoms with van der Waals surface area (Å²) in [5.41, 5.74) is 6.63. The molecule has 1 aromatic rings. The van der Waals surface area contributed by atoms with E-state index in [9.17, 15) is 0 Å². The van der Waals surface area contributed by atoms with Crippen LogP contribution in [0.1, 0.15) is 51.1 Å². The van der Waals surface area contributed by atoms with Crippen LogP contribution in [0.2, 0.25) is 0 Å². The molecule has 0 amide bonds. The minimum Gasteiger partial charge on any atom is -0.384 e. The van der Waals surface area contributed by atoms with Crippen molar-refractivity contribution in [2.24, 2.45) is 17.0 Å². The molecule has 5 heteroatoms. The van der Waals surface area contributed by atoms with Crippen LogP contribution in [-0.4, -0.2) is 29.1 Å². The van der Waals surface area contributed by atoms with E-state index >= 15 is 0 Å². The second kappa shape index (κ2) is 11.2. The number of hydrogen-bond acceptors (Lipinski definition) is 3. The Morgan fingerprint density at radius 2 is 2.29 bits per heavy atom. The number of aromatic nitrogens is 1. The molecule has 0 bridgehead atoms. The van der Waals surface area contributed by atoms with Crippen molar-refractivity contribution in [3.8, 4) is 12.3 Å². The highest BCUT2D eigenvalue weighted by Gasteiger charge is 2.22. The van der Waals surface area contributed by atoms with Crippen LogP contribution in [-0.2, 0) is 7.05 Å². The lowest BCUT2D eigenvalue weighted by molar-refractivity contribution is 0.607. The minimum absolute atomic E-state index is 0.0817. The van der Waals surface area contributed by atoms with Crippen molar-refractivity contribution >= 4 is 33.6 Å². The highest BCUT2D eigenvalue weighted by Crippen LogP contribution is 2.30. The number of aliphatic imine (C=N–C) groups is 2. The lowest BCUT2D eigenvalue weighted by atomic mass is 9.93. The van der Waals surface area contributed by atoms with Gasteiger partial charge in [-0.25, -0.2) is 0 Å². The van der Waals surface area contributed by atoms with Crippen molar-refractivity contribution < 1.29 is 0 Å². The average molecular weight is 479 g/mol. The smallest absolute Gasteiger partial charge is 0.0932 e. The standard InChI is InChI=1S/C26H31BrN4/c1-5-11-23(21-13-7-6-12-19(21)2)30-26-22(27)18-29-24(26)14-8-9-16-28-20(3)25-15-10-17-31(25)4/h1,6,10,12,15,17-18,24,28H,3,7-9,11,13-14,16H2,2,4H3. The van der Waals surface area contributed by atoms with Crippen molar-refractivity contribution in [1.29, 1.82) is 0 Å². The minimum atomic E-state index is 0.0817. The topological polar surface area (TPSA) is 41.7 Å². The third-order valence-electron chi connectivity index (χ3n) is 5.70. The van der Waals surface area contributed by atoms with Gasteiger partial charge in [-0.15, -0.1) is 12.3 Å². The maximum absolute atomic E-state index is 5.66. The number of rotatable bonds is 10. The van der Waals surface area contributed by atoms with E-state index in [0.717, 1.165) is 65.9 Å². The van der Waals surface area contributed by atoms with Gasteiger partial charge in [-0.1, -0.05) is 18.7 Å². The molecule has 0 spiro atoms. The van der Waals surface area contributed by atoms with Gasteiger partial charge in [-0.05, 0) is 78.2 Å². The summed E-state index contributed by atoms with van der Waals surface area (Å²) in [7, 11) is 2.03. The molecule has 1 atom stereocenters. The van der Waals surface area contributed by atoms with Crippen LogP contribution >= 0.6 is 15.9 Å². The summed E-state index contributed by atoms with van der Waals surface area (Å²) in [5, 5.41) is 3.43. The summed E-state index contributed by atoms with van der Waals surface area (Å²) in [5.74, 6) is 2.79. The van der Waals surface area contributed by atoms with E-state index in [-0.39, 0.29) is 6.04 Å². The first kappa shape index (κ1) is 23.1. The number of aryl methyl sites for hydroxylation is 1. The number of unbranched alkanes of at least 4 members (excludes halogenated alkanes) is 1. The van der Waals surface area contributed by atoms with Crippen LogP contribution in [0, 0.1) is 12.3 Å². The van der Waals surface area contributed by atoms with Crippen LogP contribution in [0.25, 0.3) is 5.70 Å². The molecule has 0 fully saturated rings. The summed E-state index contributed by atoms with van der Waals surface area (Å²) in [4.78, 5) is 9.71. The van der Waals surface area contributed by atoms with Crippen molar-refractivity contribution in [3.05, 3.63) is 64.1 Å². The van der Waals surface area contributed by atoms with Crippen LogP contribution in [0.3, 0.4) is 0 Å². The Morgan fingerprint density at radius 1 is 1.45 bits per heavy atom. The van der Waals surface area contributed by atoms with E-state index in [1.807, 2.05) is 25.5 Å². The number of terminal acetylenes is 1. The third-order valence-corrected chi connectivity index (χ3v) is 6.31. The first-order chi connectivity index (χ1) is 15.0. The second-order valence-electron chi connectivity index (χ2n) is 7.97. The van der Waals surface area contributed by atoms with Gasteiger partial charge in [0.2, 0.25) is 0 Å². The zero-order valence-electron chi connectivity index (χ0n) is 18.5. The Balaban J connectivity index is 1.57. The Kier molecular flexibility index (Phi) is 8.31. The first-order valence-corrected chi connectivity index (χ1v) is 11.7. The fraction of sp³-hybridized carbons (Fsp3) is 0.385. The fourth-order valence-electron chi connectivity index (χ4n) is 3.97. The molecule has 0 radical (unpaired) electrons. The molecule has 2 aliphatic rings. The van der Waals surface area contributed by atoms with Crippen LogP contribution in [0.5, 0.6) is 0 Å².